The summed E-state index contributed by atoms with van der Waals surface area (Å²) in [6, 6.07) is 5.79. The van der Waals surface area contributed by atoms with Gasteiger partial charge in [0.05, 0.1) is 29.5 Å². The minimum atomic E-state index is -0.492. The summed E-state index contributed by atoms with van der Waals surface area (Å²) in [6.07, 6.45) is 13.3. The van der Waals surface area contributed by atoms with Gasteiger partial charge in [-0.3, -0.25) is 14.3 Å². The Balaban J connectivity index is 1.71. The number of fused-ring (bicyclic) bond motifs is 3. The summed E-state index contributed by atoms with van der Waals surface area (Å²) in [4.78, 5) is 24.6. The predicted molar refractivity (Wildman–Crippen MR) is 119 cm³/mol. The summed E-state index contributed by atoms with van der Waals surface area (Å²) < 4.78 is 1.66. The molecule has 0 spiro atoms. The smallest absolute Gasteiger partial charge is 0.261 e. The van der Waals surface area contributed by atoms with Gasteiger partial charge in [0.2, 0.25) is 0 Å². The molecule has 1 fully saturated rings. The number of hydrogen-bond donors (Lipinski definition) is 1. The molecule has 0 radical (unpaired) electrons. The minimum absolute atomic E-state index is 0.0656. The highest BCUT2D eigenvalue weighted by atomic mass is 16.3. The van der Waals surface area contributed by atoms with Crippen LogP contribution in [0, 0.1) is 0 Å². The zero-order valence-electron chi connectivity index (χ0n) is 17.2. The molecule has 154 valence electrons. The number of aliphatic hydroxyl groups is 1. The van der Waals surface area contributed by atoms with Crippen molar-refractivity contribution in [1.82, 2.24) is 14.5 Å². The largest absolute Gasteiger partial charge is 0.391 e. The maximum atomic E-state index is 13.5. The number of aliphatic hydroxyl groups excluding tert-OH is 1. The standard InChI is InChI=1S/C24H26N4O2/c1-27-11-5-7-18-17(12-16-6-4-10-25-14-16)13-19-22(23(18)27)26-15-28(24(19)30)20-8-2-3-9-21(20)29/h4-7,10,13-15,20-21,29H,2-3,8-9,11-12H2,1H3/t20-,21-/m0/s1. The minimum Gasteiger partial charge on any atom is -0.391 e. The fourth-order valence-electron chi connectivity index (χ4n) is 4.85. The van der Waals surface area contributed by atoms with Crippen LogP contribution in [0.5, 0.6) is 0 Å². The Morgan fingerprint density at radius 2 is 2.13 bits per heavy atom. The first-order chi connectivity index (χ1) is 14.6. The van der Waals surface area contributed by atoms with E-state index in [1.807, 2.05) is 25.4 Å². The Hall–Kier alpha value is -2.99. The van der Waals surface area contributed by atoms with Crippen molar-refractivity contribution in [1.29, 1.82) is 0 Å². The molecule has 0 amide bonds. The van der Waals surface area contributed by atoms with E-state index in [2.05, 4.69) is 28.1 Å². The molecule has 2 atom stereocenters. The van der Waals surface area contributed by atoms with Gasteiger partial charge in [-0.15, -0.1) is 0 Å². The van der Waals surface area contributed by atoms with Gasteiger partial charge in [0.15, 0.2) is 0 Å². The Morgan fingerprint density at radius 3 is 2.93 bits per heavy atom. The van der Waals surface area contributed by atoms with Crippen LogP contribution in [0.2, 0.25) is 0 Å². The number of anilines is 1. The molecule has 1 aromatic carbocycles. The van der Waals surface area contributed by atoms with Crippen molar-refractivity contribution in [2.24, 2.45) is 0 Å². The Bertz CT molecular complexity index is 1170. The van der Waals surface area contributed by atoms with Crippen molar-refractivity contribution in [2.75, 3.05) is 18.5 Å². The van der Waals surface area contributed by atoms with Gasteiger partial charge < -0.3 is 10.0 Å². The molecule has 6 nitrogen and oxygen atoms in total. The third kappa shape index (κ3) is 3.21. The van der Waals surface area contributed by atoms with Crippen molar-refractivity contribution < 1.29 is 5.11 Å². The maximum Gasteiger partial charge on any atom is 0.261 e. The monoisotopic (exact) mass is 402 g/mol. The van der Waals surface area contributed by atoms with Crippen LogP contribution in [0.1, 0.15) is 48.4 Å². The lowest BCUT2D eigenvalue weighted by molar-refractivity contribution is 0.0735. The Morgan fingerprint density at radius 1 is 1.27 bits per heavy atom. The van der Waals surface area contributed by atoms with Crippen LogP contribution in [0.3, 0.4) is 0 Å². The lowest BCUT2D eigenvalue weighted by Gasteiger charge is -2.30. The van der Waals surface area contributed by atoms with E-state index in [4.69, 9.17) is 4.98 Å². The first-order valence-electron chi connectivity index (χ1n) is 10.6. The molecule has 3 heterocycles. The molecule has 6 heteroatoms. The van der Waals surface area contributed by atoms with Gasteiger partial charge in [0.1, 0.15) is 5.52 Å². The van der Waals surface area contributed by atoms with Crippen LogP contribution in [0.4, 0.5) is 5.69 Å². The van der Waals surface area contributed by atoms with E-state index in [0.717, 1.165) is 60.1 Å². The fourth-order valence-corrected chi connectivity index (χ4v) is 4.85. The molecule has 1 aliphatic heterocycles. The van der Waals surface area contributed by atoms with E-state index in [0.29, 0.717) is 11.8 Å². The van der Waals surface area contributed by atoms with Crippen molar-refractivity contribution in [2.45, 2.75) is 44.2 Å². The van der Waals surface area contributed by atoms with Gasteiger partial charge in [-0.25, -0.2) is 4.98 Å². The van der Waals surface area contributed by atoms with Gasteiger partial charge in [-0.05, 0) is 42.5 Å². The molecule has 2 aromatic heterocycles. The van der Waals surface area contributed by atoms with E-state index in [-0.39, 0.29) is 11.6 Å². The third-order valence-corrected chi connectivity index (χ3v) is 6.39. The second-order valence-electron chi connectivity index (χ2n) is 8.39. The van der Waals surface area contributed by atoms with Crippen molar-refractivity contribution >= 4 is 22.7 Å². The molecule has 0 bridgehead atoms. The number of hydrogen-bond acceptors (Lipinski definition) is 5. The van der Waals surface area contributed by atoms with Crippen LogP contribution in [-0.2, 0) is 6.42 Å². The van der Waals surface area contributed by atoms with Crippen LogP contribution >= 0.6 is 0 Å². The first-order valence-corrected chi connectivity index (χ1v) is 10.6. The average Bonchev–Trinajstić information content (AvgIpc) is 2.76. The molecule has 1 N–H and O–H groups in total. The molecule has 0 saturated heterocycles. The lowest BCUT2D eigenvalue weighted by atomic mass is 9.92. The number of benzene rings is 1. The van der Waals surface area contributed by atoms with E-state index in [9.17, 15) is 9.90 Å². The van der Waals surface area contributed by atoms with Crippen LogP contribution < -0.4 is 10.5 Å². The molecule has 5 rings (SSSR count). The number of pyridine rings is 1. The fraction of sp³-hybridized carbons (Fsp3) is 0.375. The number of aromatic nitrogens is 3. The van der Waals surface area contributed by atoms with Crippen LogP contribution in [0.15, 0.2) is 47.8 Å². The van der Waals surface area contributed by atoms with Gasteiger partial charge in [-0.2, -0.15) is 0 Å². The number of nitrogens with zero attached hydrogens (tertiary/aromatic N) is 4. The number of likely N-dealkylation sites (N-methyl/N-ethyl adjacent to an activating group) is 1. The van der Waals surface area contributed by atoms with Crippen molar-refractivity contribution in [3.05, 3.63) is 70.0 Å². The highest BCUT2D eigenvalue weighted by Crippen LogP contribution is 2.36. The summed E-state index contributed by atoms with van der Waals surface area (Å²) in [5.41, 5.74) is 4.98. The molecule has 1 saturated carbocycles. The van der Waals surface area contributed by atoms with Crippen LogP contribution in [-0.4, -0.2) is 39.3 Å². The zero-order valence-corrected chi connectivity index (χ0v) is 17.2. The van der Waals surface area contributed by atoms with Gasteiger partial charge in [0.25, 0.3) is 5.56 Å². The molecule has 1 aliphatic carbocycles. The quantitative estimate of drug-likeness (QED) is 0.728. The Kier molecular flexibility index (Phi) is 4.87. The third-order valence-electron chi connectivity index (χ3n) is 6.39. The second-order valence-corrected chi connectivity index (χ2v) is 8.39. The molecular weight excluding hydrogens is 376 g/mol. The SMILES string of the molecule is CN1CC=Cc2c(Cc3cccnc3)cc3c(=O)n([C@H]4CCCC[C@@H]4O)cnc3c21. The first kappa shape index (κ1) is 19.0. The maximum absolute atomic E-state index is 13.5. The van der Waals surface area contributed by atoms with Crippen molar-refractivity contribution in [3.8, 4) is 0 Å². The number of rotatable bonds is 3. The molecular formula is C24H26N4O2. The van der Waals surface area contributed by atoms with Gasteiger partial charge in [0, 0.05) is 31.5 Å². The van der Waals surface area contributed by atoms with E-state index < -0.39 is 6.10 Å². The van der Waals surface area contributed by atoms with E-state index >= 15 is 0 Å². The topological polar surface area (TPSA) is 71.2 Å². The summed E-state index contributed by atoms with van der Waals surface area (Å²) >= 11 is 0. The van der Waals surface area contributed by atoms with Gasteiger partial charge >= 0.3 is 0 Å². The highest BCUT2D eigenvalue weighted by Gasteiger charge is 2.27. The molecule has 2 aliphatic rings. The second kappa shape index (κ2) is 7.69. The highest BCUT2D eigenvalue weighted by molar-refractivity contribution is 5.97. The zero-order chi connectivity index (χ0) is 20.7. The summed E-state index contributed by atoms with van der Waals surface area (Å²) in [7, 11) is 2.04. The van der Waals surface area contributed by atoms with Crippen molar-refractivity contribution in [3.63, 3.8) is 0 Å². The van der Waals surface area contributed by atoms with E-state index in [1.54, 1.807) is 17.1 Å². The van der Waals surface area contributed by atoms with E-state index in [1.165, 1.54) is 0 Å². The predicted octanol–water partition coefficient (Wildman–Crippen LogP) is 3.32. The summed E-state index contributed by atoms with van der Waals surface area (Å²) in [5.74, 6) is 0. The Labute approximate surface area is 175 Å². The molecule has 30 heavy (non-hydrogen) atoms. The van der Waals surface area contributed by atoms with Gasteiger partial charge in [-0.1, -0.05) is 31.1 Å². The normalized spacial score (nSPS) is 21.1. The average molecular weight is 402 g/mol. The molecule has 0 unspecified atom stereocenters. The lowest BCUT2D eigenvalue weighted by Crippen LogP contribution is -2.35. The van der Waals surface area contributed by atoms with Crippen LogP contribution in [0.25, 0.3) is 17.0 Å². The molecule has 3 aromatic rings. The summed E-state index contributed by atoms with van der Waals surface area (Å²) in [6.45, 7) is 0.782. The summed E-state index contributed by atoms with van der Waals surface area (Å²) in [5, 5.41) is 11.1.